The van der Waals surface area contributed by atoms with Gasteiger partial charge >= 0.3 is 0 Å². The molecule has 3 N–H and O–H groups in total. The molecule has 0 spiro atoms. The molecule has 0 radical (unpaired) electrons. The van der Waals surface area contributed by atoms with Crippen molar-refractivity contribution in [3.8, 4) is 11.5 Å². The number of hydrogen-bond acceptors (Lipinski definition) is 14. The summed E-state index contributed by atoms with van der Waals surface area (Å²) < 4.78 is 60.6. The van der Waals surface area contributed by atoms with Crippen molar-refractivity contribution in [3.63, 3.8) is 0 Å². The minimum atomic E-state index is -4.60. The van der Waals surface area contributed by atoms with Gasteiger partial charge in [-0.25, -0.2) is 22.5 Å². The molecule has 1 atom stereocenters. The minimum absolute atomic E-state index is 0.0549. The number of rotatable bonds is 14. The van der Waals surface area contributed by atoms with Crippen molar-refractivity contribution in [2.75, 3.05) is 80.8 Å². The van der Waals surface area contributed by atoms with E-state index in [1.54, 1.807) is 24.4 Å². The Kier molecular flexibility index (Phi) is 13.4. The van der Waals surface area contributed by atoms with Gasteiger partial charge in [0.05, 0.1) is 47.5 Å². The number of nitrogens with one attached hydrogen (secondary N) is 3. The highest BCUT2D eigenvalue weighted by molar-refractivity contribution is 7.90. The molecule has 1 amide bonds. The zero-order valence-corrected chi connectivity index (χ0v) is 40.7. The Bertz CT molecular complexity index is 3070. The van der Waals surface area contributed by atoms with Crippen LogP contribution >= 0.6 is 11.3 Å². The van der Waals surface area contributed by atoms with Crippen LogP contribution in [0, 0.1) is 21.3 Å². The van der Waals surface area contributed by atoms with Gasteiger partial charge in [-0.2, -0.15) is 0 Å². The van der Waals surface area contributed by atoms with E-state index in [1.807, 2.05) is 29.5 Å². The van der Waals surface area contributed by atoms with E-state index in [2.05, 4.69) is 54.6 Å². The van der Waals surface area contributed by atoms with E-state index < -0.39 is 31.4 Å². The Labute approximate surface area is 409 Å². The number of carbonyl (C=O) groups is 1. The van der Waals surface area contributed by atoms with E-state index in [-0.39, 0.29) is 40.9 Å². The molecule has 3 aromatic heterocycles. The molecule has 3 aliphatic heterocycles. The van der Waals surface area contributed by atoms with Crippen LogP contribution in [0.1, 0.15) is 58.8 Å². The summed E-state index contributed by atoms with van der Waals surface area (Å²) in [6.45, 7) is 11.8. The fraction of sp³-hybridized carbons (Fsp3) is 0.373. The van der Waals surface area contributed by atoms with Crippen LogP contribution in [0.15, 0.2) is 102 Å². The number of nitrogens with zero attached hydrogens (tertiary/aromatic N) is 5. The molecule has 3 aromatic carbocycles. The number of ether oxygens (including phenoxy) is 3. The van der Waals surface area contributed by atoms with Gasteiger partial charge in [-0.05, 0) is 109 Å². The Morgan fingerprint density at radius 2 is 1.80 bits per heavy atom. The van der Waals surface area contributed by atoms with Gasteiger partial charge in [-0.1, -0.05) is 19.4 Å². The van der Waals surface area contributed by atoms with Crippen molar-refractivity contribution in [1.29, 1.82) is 0 Å². The molecular weight excluding hydrogens is 936 g/mol. The fourth-order valence-electron chi connectivity index (χ4n) is 9.73. The molecule has 2 fully saturated rings. The van der Waals surface area contributed by atoms with Gasteiger partial charge in [0.15, 0.2) is 0 Å². The molecule has 0 bridgehead atoms. The summed E-state index contributed by atoms with van der Waals surface area (Å²) in [5.74, 6) is -0.746. The average molecular weight is 991 g/mol. The largest absolute Gasteiger partial charge is 0.455 e. The summed E-state index contributed by atoms with van der Waals surface area (Å²) in [5.41, 5.74) is 6.58. The van der Waals surface area contributed by atoms with Crippen LogP contribution in [0.3, 0.4) is 0 Å². The number of benzene rings is 3. The molecule has 2 saturated heterocycles. The number of fused-ring (bicyclic) bond motifs is 2. The van der Waals surface area contributed by atoms with Crippen molar-refractivity contribution in [3.05, 3.63) is 134 Å². The zero-order valence-electron chi connectivity index (χ0n) is 39.0. The number of H-pyrrole nitrogens is 1. The van der Waals surface area contributed by atoms with E-state index >= 15 is 0 Å². The lowest BCUT2D eigenvalue weighted by Crippen LogP contribution is -2.47. The number of aromatic nitrogens is 2. The number of sulfonamides is 1. The minimum Gasteiger partial charge on any atom is -0.455 e. The topological polar surface area (TPSA) is 185 Å². The lowest BCUT2D eigenvalue weighted by molar-refractivity contribution is -0.384. The van der Waals surface area contributed by atoms with Crippen molar-refractivity contribution >= 4 is 66.6 Å². The summed E-state index contributed by atoms with van der Waals surface area (Å²) in [6.07, 6.45) is 7.11. The highest BCUT2D eigenvalue weighted by Gasteiger charge is 2.32. The Morgan fingerprint density at radius 3 is 2.59 bits per heavy atom. The van der Waals surface area contributed by atoms with E-state index in [0.29, 0.717) is 44.3 Å². The summed E-state index contributed by atoms with van der Waals surface area (Å²) in [7, 11) is -4.60. The third-order valence-electron chi connectivity index (χ3n) is 13.6. The van der Waals surface area contributed by atoms with Crippen molar-refractivity contribution in [1.82, 2.24) is 19.6 Å². The lowest BCUT2D eigenvalue weighted by atomic mass is 9.73. The van der Waals surface area contributed by atoms with Crippen LogP contribution in [0.5, 0.6) is 11.5 Å². The SMILES string of the molecule is CC1(C)CCC(CN2CCN(c3ccc(C(=O)NS(=O)(=O)c4ccc(NC[C@H]5COCCO5)c([N+](=O)[O-])c4)c(Oc4cnc5[nH]ccc5c4)c3)CC2)=C(c2cc3c(s2)CCN(c2ccc(F)cc2)C3)C1. The molecule has 6 aromatic rings. The van der Waals surface area contributed by atoms with Crippen molar-refractivity contribution in [2.24, 2.45) is 5.41 Å². The number of nitro benzene ring substituents is 1. The van der Waals surface area contributed by atoms with Gasteiger partial charge in [0, 0.05) is 97.2 Å². The lowest BCUT2D eigenvalue weighted by Gasteiger charge is -2.39. The van der Waals surface area contributed by atoms with Crippen LogP contribution in [0.25, 0.3) is 16.6 Å². The predicted octanol–water partition coefficient (Wildman–Crippen LogP) is 8.76. The normalized spacial score (nSPS) is 18.7. The third kappa shape index (κ3) is 10.5. The number of aromatic amines is 1. The van der Waals surface area contributed by atoms with Crippen LogP contribution in [-0.4, -0.2) is 106 Å². The second-order valence-corrected chi connectivity index (χ2v) is 21.9. The number of piperazine rings is 1. The fourth-order valence-corrected chi connectivity index (χ4v) is 12.0. The van der Waals surface area contributed by atoms with E-state index in [1.165, 1.54) is 63.0 Å². The van der Waals surface area contributed by atoms with Gasteiger partial charge in [-0.15, -0.1) is 11.3 Å². The van der Waals surface area contributed by atoms with Gasteiger partial charge in [0.25, 0.3) is 21.6 Å². The van der Waals surface area contributed by atoms with Gasteiger partial charge in [0.2, 0.25) is 0 Å². The van der Waals surface area contributed by atoms with Crippen LogP contribution in [-0.2, 0) is 32.5 Å². The summed E-state index contributed by atoms with van der Waals surface area (Å²) in [5, 5.41) is 15.8. The molecule has 10 rings (SSSR count). The molecule has 1 aliphatic carbocycles. The van der Waals surface area contributed by atoms with Crippen LogP contribution < -0.4 is 24.6 Å². The summed E-state index contributed by atoms with van der Waals surface area (Å²) in [6, 6.07) is 21.3. The quantitative estimate of drug-likeness (QED) is 0.0696. The number of pyridine rings is 1. The van der Waals surface area contributed by atoms with E-state index in [4.69, 9.17) is 14.2 Å². The Balaban J connectivity index is 0.851. The molecule has 6 heterocycles. The number of anilines is 3. The number of nitro groups is 1. The first kappa shape index (κ1) is 47.3. The maximum absolute atomic E-state index is 14.0. The number of thiophene rings is 1. The predicted molar refractivity (Wildman–Crippen MR) is 268 cm³/mol. The number of hydrogen-bond donors (Lipinski definition) is 3. The molecule has 19 heteroatoms. The average Bonchev–Trinajstić information content (AvgIpc) is 4.01. The maximum atomic E-state index is 14.0. The number of carbonyl (C=O) groups excluding carboxylic acids is 1. The third-order valence-corrected chi connectivity index (χ3v) is 16.2. The van der Waals surface area contributed by atoms with E-state index in [0.717, 1.165) is 81.2 Å². The maximum Gasteiger partial charge on any atom is 0.293 e. The highest BCUT2D eigenvalue weighted by Crippen LogP contribution is 2.46. The molecule has 366 valence electrons. The number of halogens is 1. The first-order valence-electron chi connectivity index (χ1n) is 23.6. The monoisotopic (exact) mass is 990 g/mol. The number of allylic oxidation sites excluding steroid dienone is 1. The first-order valence-corrected chi connectivity index (χ1v) is 25.9. The first-order chi connectivity index (χ1) is 33.7. The van der Waals surface area contributed by atoms with Crippen molar-refractivity contribution < 1.29 is 36.7 Å². The highest BCUT2D eigenvalue weighted by atomic mass is 32.2. The van der Waals surface area contributed by atoms with Crippen molar-refractivity contribution in [2.45, 2.75) is 57.1 Å². The molecule has 0 unspecified atom stereocenters. The molecule has 16 nitrogen and oxygen atoms in total. The smallest absolute Gasteiger partial charge is 0.293 e. The standard InChI is InChI=1S/C51H55FN8O8S2/c1-51(2)14-11-34(43(27-51)48-24-35-31-59(16-13-47(35)69-48)37-5-3-36(52)4-6-37)30-57-17-19-58(20-18-57)38-7-9-42(46(25-38)68-39-23-33-12-15-53-49(33)55-28-39)50(61)56-70(64,65)41-8-10-44(45(26-41)60(62)63)54-29-40-32-66-21-22-67-40/h3-10,12,15,23-26,28,40,54H,11,13-14,16-22,27,29-32H2,1-2H3,(H,53,55)(H,56,61)/t40-/m0/s1. The molecule has 70 heavy (non-hydrogen) atoms. The van der Waals surface area contributed by atoms with Gasteiger partial charge in [0.1, 0.15) is 28.7 Å². The zero-order chi connectivity index (χ0) is 48.6. The van der Waals surface area contributed by atoms with Crippen LogP contribution in [0.4, 0.5) is 27.1 Å². The second kappa shape index (κ2) is 19.8. The second-order valence-electron chi connectivity index (χ2n) is 19.1. The summed E-state index contributed by atoms with van der Waals surface area (Å²) in [4.78, 5) is 42.3. The Morgan fingerprint density at radius 1 is 0.986 bits per heavy atom. The van der Waals surface area contributed by atoms with Crippen LogP contribution in [0.2, 0.25) is 0 Å². The molecule has 0 saturated carbocycles. The molecular formula is C51H55FN8O8S2. The van der Waals surface area contributed by atoms with E-state index in [9.17, 15) is 27.7 Å². The Hall–Kier alpha value is -6.38. The number of amides is 1. The van der Waals surface area contributed by atoms with Gasteiger partial charge < -0.3 is 34.3 Å². The van der Waals surface area contributed by atoms with Gasteiger partial charge in [-0.3, -0.25) is 19.8 Å². The molecule has 4 aliphatic rings. The summed E-state index contributed by atoms with van der Waals surface area (Å²) >= 11 is 1.94.